The van der Waals surface area contributed by atoms with Gasteiger partial charge >= 0.3 is 0 Å². The lowest BCUT2D eigenvalue weighted by atomic mass is 10.0. The largest absolute Gasteiger partial charge is 0.361 e. The number of piperazine rings is 1. The maximum Gasteiger partial charge on any atom is 0.244 e. The van der Waals surface area contributed by atoms with Crippen LogP contribution in [0.2, 0.25) is 0 Å². The summed E-state index contributed by atoms with van der Waals surface area (Å²) in [6, 6.07) is 12.1. The molecular formula is C21H28N4O2. The van der Waals surface area contributed by atoms with E-state index >= 15 is 0 Å². The predicted octanol–water partition coefficient (Wildman–Crippen LogP) is 2.46. The molecule has 0 aliphatic carbocycles. The van der Waals surface area contributed by atoms with E-state index in [4.69, 9.17) is 4.52 Å². The van der Waals surface area contributed by atoms with Crippen LogP contribution in [-0.2, 0) is 11.3 Å². The summed E-state index contributed by atoms with van der Waals surface area (Å²) in [5.41, 5.74) is 2.09. The van der Waals surface area contributed by atoms with Gasteiger partial charge in [0.1, 0.15) is 11.8 Å². The molecular weight excluding hydrogens is 340 g/mol. The van der Waals surface area contributed by atoms with Crippen molar-refractivity contribution in [2.45, 2.75) is 32.4 Å². The van der Waals surface area contributed by atoms with E-state index in [2.05, 4.69) is 27.1 Å². The van der Waals surface area contributed by atoms with Gasteiger partial charge in [-0.25, -0.2) is 0 Å². The third-order valence-electron chi connectivity index (χ3n) is 5.60. The molecule has 1 unspecified atom stereocenters. The Labute approximate surface area is 160 Å². The van der Waals surface area contributed by atoms with E-state index in [1.54, 1.807) is 0 Å². The summed E-state index contributed by atoms with van der Waals surface area (Å²) < 4.78 is 5.17. The Kier molecular flexibility index (Phi) is 5.55. The van der Waals surface area contributed by atoms with Crippen molar-refractivity contribution in [1.82, 2.24) is 19.9 Å². The molecule has 1 aromatic heterocycles. The number of carbonyl (C=O) groups is 1. The van der Waals surface area contributed by atoms with Crippen molar-refractivity contribution in [3.05, 3.63) is 53.4 Å². The third-order valence-corrected chi connectivity index (χ3v) is 5.60. The molecule has 2 saturated heterocycles. The van der Waals surface area contributed by atoms with Crippen molar-refractivity contribution >= 4 is 5.91 Å². The van der Waals surface area contributed by atoms with Gasteiger partial charge < -0.3 is 9.42 Å². The fourth-order valence-electron chi connectivity index (χ4n) is 4.16. The molecule has 0 spiro atoms. The van der Waals surface area contributed by atoms with Crippen molar-refractivity contribution < 1.29 is 9.32 Å². The average Bonchev–Trinajstić information content (AvgIpc) is 3.36. The summed E-state index contributed by atoms with van der Waals surface area (Å²) in [4.78, 5) is 20.0. The molecule has 1 amide bonds. The highest BCUT2D eigenvalue weighted by atomic mass is 16.5. The lowest BCUT2D eigenvalue weighted by Crippen LogP contribution is -2.51. The Balaban J connectivity index is 1.44. The first-order chi connectivity index (χ1) is 13.2. The van der Waals surface area contributed by atoms with Gasteiger partial charge in [-0.05, 0) is 25.3 Å². The number of hydrogen-bond acceptors (Lipinski definition) is 5. The number of aryl methyl sites for hydroxylation is 1. The van der Waals surface area contributed by atoms with Crippen LogP contribution in [0.25, 0.3) is 0 Å². The second-order valence-corrected chi connectivity index (χ2v) is 7.59. The van der Waals surface area contributed by atoms with Gasteiger partial charge in [-0.3, -0.25) is 14.6 Å². The first-order valence-electron chi connectivity index (χ1n) is 9.93. The molecule has 1 atom stereocenters. The minimum Gasteiger partial charge on any atom is -0.361 e. The maximum atomic E-state index is 13.3. The quantitative estimate of drug-likeness (QED) is 0.811. The summed E-state index contributed by atoms with van der Waals surface area (Å²) in [5.74, 6) is 1.11. The first-order valence-corrected chi connectivity index (χ1v) is 9.93. The number of rotatable bonds is 5. The Morgan fingerprint density at radius 1 is 1.07 bits per heavy atom. The van der Waals surface area contributed by atoms with E-state index in [1.807, 2.05) is 36.1 Å². The Morgan fingerprint density at radius 2 is 1.78 bits per heavy atom. The third kappa shape index (κ3) is 4.22. The molecule has 2 aliphatic heterocycles. The van der Waals surface area contributed by atoms with Crippen molar-refractivity contribution in [3.63, 3.8) is 0 Å². The second kappa shape index (κ2) is 8.23. The monoisotopic (exact) mass is 368 g/mol. The van der Waals surface area contributed by atoms with Crippen LogP contribution in [0, 0.1) is 6.92 Å². The molecule has 1 aromatic carbocycles. The number of hydrogen-bond donors (Lipinski definition) is 0. The fourth-order valence-corrected chi connectivity index (χ4v) is 4.16. The maximum absolute atomic E-state index is 13.3. The molecule has 0 saturated carbocycles. The summed E-state index contributed by atoms with van der Waals surface area (Å²) in [6.07, 6.45) is 2.25. The Bertz CT molecular complexity index is 747. The van der Waals surface area contributed by atoms with Crippen molar-refractivity contribution in [3.8, 4) is 0 Å². The van der Waals surface area contributed by atoms with Gasteiger partial charge in [-0.1, -0.05) is 35.5 Å². The molecule has 0 bridgehead atoms. The van der Waals surface area contributed by atoms with Gasteiger partial charge in [0.05, 0.1) is 5.69 Å². The lowest BCUT2D eigenvalue weighted by Gasteiger charge is -2.39. The standard InChI is InChI=1S/C21H28N4O2/c1-17-15-19(22-27-17)16-23-11-13-24(14-12-23)20(18-7-3-2-4-8-18)21(26)25-9-5-6-10-25/h2-4,7-8,15,20H,5-6,9-14,16H2,1H3. The number of aromatic nitrogens is 1. The predicted molar refractivity (Wildman–Crippen MR) is 103 cm³/mol. The minimum absolute atomic E-state index is 0.166. The van der Waals surface area contributed by atoms with Gasteiger partial charge in [0.15, 0.2) is 0 Å². The van der Waals surface area contributed by atoms with Gasteiger partial charge in [0, 0.05) is 51.9 Å². The van der Waals surface area contributed by atoms with Crippen molar-refractivity contribution in [2.75, 3.05) is 39.3 Å². The SMILES string of the molecule is Cc1cc(CN2CCN(C(C(=O)N3CCCC3)c3ccccc3)CC2)no1. The van der Waals surface area contributed by atoms with Crippen LogP contribution >= 0.6 is 0 Å². The highest BCUT2D eigenvalue weighted by Crippen LogP contribution is 2.26. The molecule has 27 heavy (non-hydrogen) atoms. The summed E-state index contributed by atoms with van der Waals surface area (Å²) in [5, 5.41) is 4.10. The van der Waals surface area contributed by atoms with Crippen molar-refractivity contribution in [1.29, 1.82) is 0 Å². The highest BCUT2D eigenvalue weighted by molar-refractivity contribution is 5.83. The smallest absolute Gasteiger partial charge is 0.244 e. The van der Waals surface area contributed by atoms with Gasteiger partial charge in [-0.2, -0.15) is 0 Å². The van der Waals surface area contributed by atoms with E-state index in [0.29, 0.717) is 0 Å². The Morgan fingerprint density at radius 3 is 2.41 bits per heavy atom. The van der Waals surface area contributed by atoms with E-state index < -0.39 is 0 Å². The van der Waals surface area contributed by atoms with Gasteiger partial charge in [0.2, 0.25) is 5.91 Å². The van der Waals surface area contributed by atoms with Crippen LogP contribution in [0.4, 0.5) is 0 Å². The molecule has 2 aliphatic rings. The zero-order valence-corrected chi connectivity index (χ0v) is 16.0. The molecule has 4 rings (SSSR count). The molecule has 144 valence electrons. The number of carbonyl (C=O) groups excluding carboxylic acids is 1. The van der Waals surface area contributed by atoms with E-state index in [0.717, 1.165) is 75.7 Å². The molecule has 2 aromatic rings. The van der Waals surface area contributed by atoms with Gasteiger partial charge in [0.25, 0.3) is 0 Å². The number of likely N-dealkylation sites (tertiary alicyclic amines) is 1. The van der Waals surface area contributed by atoms with Crippen LogP contribution in [0.5, 0.6) is 0 Å². The number of nitrogens with zero attached hydrogens (tertiary/aromatic N) is 4. The number of benzene rings is 1. The molecule has 6 nitrogen and oxygen atoms in total. The van der Waals surface area contributed by atoms with E-state index in [9.17, 15) is 4.79 Å². The highest BCUT2D eigenvalue weighted by Gasteiger charge is 2.34. The number of amides is 1. The molecule has 2 fully saturated rings. The van der Waals surface area contributed by atoms with Crippen LogP contribution in [0.3, 0.4) is 0 Å². The zero-order valence-electron chi connectivity index (χ0n) is 16.0. The first kappa shape index (κ1) is 18.2. The summed E-state index contributed by atoms with van der Waals surface area (Å²) in [6.45, 7) is 8.16. The molecule has 0 N–H and O–H groups in total. The fraction of sp³-hybridized carbons (Fsp3) is 0.524. The molecule has 0 radical (unpaired) electrons. The topological polar surface area (TPSA) is 52.8 Å². The van der Waals surface area contributed by atoms with Crippen LogP contribution in [0.15, 0.2) is 40.9 Å². The minimum atomic E-state index is -0.166. The molecule has 3 heterocycles. The van der Waals surface area contributed by atoms with Crippen LogP contribution in [0.1, 0.15) is 35.9 Å². The van der Waals surface area contributed by atoms with E-state index in [1.165, 1.54) is 0 Å². The summed E-state index contributed by atoms with van der Waals surface area (Å²) >= 11 is 0. The second-order valence-electron chi connectivity index (χ2n) is 7.59. The summed E-state index contributed by atoms with van der Waals surface area (Å²) in [7, 11) is 0. The van der Waals surface area contributed by atoms with Crippen LogP contribution < -0.4 is 0 Å². The Hall–Kier alpha value is -2.18. The normalized spacial score (nSPS) is 20.1. The van der Waals surface area contributed by atoms with Crippen molar-refractivity contribution in [2.24, 2.45) is 0 Å². The lowest BCUT2D eigenvalue weighted by molar-refractivity contribution is -0.137. The van der Waals surface area contributed by atoms with Crippen LogP contribution in [-0.4, -0.2) is 65.0 Å². The van der Waals surface area contributed by atoms with E-state index in [-0.39, 0.29) is 11.9 Å². The molecule has 6 heteroatoms. The average molecular weight is 368 g/mol. The zero-order chi connectivity index (χ0) is 18.6. The van der Waals surface area contributed by atoms with Gasteiger partial charge in [-0.15, -0.1) is 0 Å².